The normalized spacial score (nSPS) is 11.7. The van der Waals surface area contributed by atoms with Gasteiger partial charge < -0.3 is 10.6 Å². The summed E-state index contributed by atoms with van der Waals surface area (Å²) in [7, 11) is 0. The van der Waals surface area contributed by atoms with Crippen molar-refractivity contribution in [2.75, 3.05) is 5.32 Å². The summed E-state index contributed by atoms with van der Waals surface area (Å²) in [6.07, 6.45) is 0. The predicted molar refractivity (Wildman–Crippen MR) is 81.2 cm³/mol. The number of halogens is 1. The van der Waals surface area contributed by atoms with Gasteiger partial charge in [-0.25, -0.2) is 4.79 Å². The largest absolute Gasteiger partial charge is 0.331 e. The molecule has 2 N–H and O–H groups in total. The lowest BCUT2D eigenvalue weighted by molar-refractivity contribution is 0.249. The SMILES string of the molecule is C[C@@H](NC(=O)Nc1ccccc1Br)c1ccccc1. The average Bonchev–Trinajstić information content (AvgIpc) is 2.42. The molecule has 0 radical (unpaired) electrons. The van der Waals surface area contributed by atoms with Crippen molar-refractivity contribution in [3.05, 3.63) is 64.6 Å². The van der Waals surface area contributed by atoms with Gasteiger partial charge in [0, 0.05) is 4.47 Å². The molecule has 0 aliphatic carbocycles. The number of benzene rings is 2. The van der Waals surface area contributed by atoms with Crippen LogP contribution in [0.2, 0.25) is 0 Å². The smallest absolute Gasteiger partial charge is 0.319 e. The summed E-state index contributed by atoms with van der Waals surface area (Å²) in [5.41, 5.74) is 1.82. The van der Waals surface area contributed by atoms with Gasteiger partial charge in [0.25, 0.3) is 0 Å². The van der Waals surface area contributed by atoms with Gasteiger partial charge in [-0.05, 0) is 40.5 Å². The highest BCUT2D eigenvalue weighted by Gasteiger charge is 2.09. The molecule has 0 saturated heterocycles. The standard InChI is InChI=1S/C15H15BrN2O/c1-11(12-7-3-2-4-8-12)17-15(19)18-14-10-6-5-9-13(14)16/h2-11H,1H3,(H2,17,18,19)/t11-/m1/s1. The van der Waals surface area contributed by atoms with Crippen LogP contribution >= 0.6 is 15.9 Å². The van der Waals surface area contributed by atoms with E-state index in [0.717, 1.165) is 15.7 Å². The Morgan fingerprint density at radius 2 is 1.68 bits per heavy atom. The van der Waals surface area contributed by atoms with Crippen molar-refractivity contribution < 1.29 is 4.79 Å². The Balaban J connectivity index is 1.97. The first-order valence-electron chi connectivity index (χ1n) is 6.04. The zero-order chi connectivity index (χ0) is 13.7. The number of para-hydroxylation sites is 1. The Kier molecular flexibility index (Phi) is 4.58. The van der Waals surface area contributed by atoms with Gasteiger partial charge in [-0.2, -0.15) is 0 Å². The predicted octanol–water partition coefficient (Wildman–Crippen LogP) is 4.33. The molecule has 3 nitrogen and oxygen atoms in total. The summed E-state index contributed by atoms with van der Waals surface area (Å²) in [6, 6.07) is 17.1. The van der Waals surface area contributed by atoms with Crippen LogP contribution < -0.4 is 10.6 Å². The summed E-state index contributed by atoms with van der Waals surface area (Å²) >= 11 is 3.39. The summed E-state index contributed by atoms with van der Waals surface area (Å²) in [5.74, 6) is 0. The monoisotopic (exact) mass is 318 g/mol. The third-order valence-corrected chi connectivity index (χ3v) is 3.46. The van der Waals surface area contributed by atoms with Gasteiger partial charge >= 0.3 is 6.03 Å². The second-order valence-electron chi connectivity index (χ2n) is 4.21. The molecule has 0 spiro atoms. The number of anilines is 1. The fraction of sp³-hybridized carbons (Fsp3) is 0.133. The van der Waals surface area contributed by atoms with Crippen LogP contribution in [0.15, 0.2) is 59.1 Å². The third-order valence-electron chi connectivity index (χ3n) is 2.77. The van der Waals surface area contributed by atoms with Crippen molar-refractivity contribution >= 4 is 27.6 Å². The van der Waals surface area contributed by atoms with Crippen LogP contribution in [0.3, 0.4) is 0 Å². The highest BCUT2D eigenvalue weighted by atomic mass is 79.9. The Hall–Kier alpha value is -1.81. The van der Waals surface area contributed by atoms with E-state index in [1.165, 1.54) is 0 Å². The maximum absolute atomic E-state index is 11.9. The molecular formula is C15H15BrN2O. The molecule has 0 bridgehead atoms. The first kappa shape index (κ1) is 13.6. The highest BCUT2D eigenvalue weighted by Crippen LogP contribution is 2.21. The fourth-order valence-electron chi connectivity index (χ4n) is 1.74. The van der Waals surface area contributed by atoms with Crippen LogP contribution in [0.4, 0.5) is 10.5 Å². The molecule has 19 heavy (non-hydrogen) atoms. The summed E-state index contributed by atoms with van der Waals surface area (Å²) in [4.78, 5) is 11.9. The van der Waals surface area contributed by atoms with Gasteiger partial charge in [-0.3, -0.25) is 0 Å². The van der Waals surface area contributed by atoms with Gasteiger partial charge in [0.1, 0.15) is 0 Å². The number of urea groups is 1. The lowest BCUT2D eigenvalue weighted by Gasteiger charge is -2.15. The van der Waals surface area contributed by atoms with Gasteiger partial charge in [0.2, 0.25) is 0 Å². The topological polar surface area (TPSA) is 41.1 Å². The molecule has 0 aliphatic heterocycles. The van der Waals surface area contributed by atoms with Gasteiger partial charge in [0.15, 0.2) is 0 Å². The van der Waals surface area contributed by atoms with Crippen LogP contribution in [-0.2, 0) is 0 Å². The molecule has 2 amide bonds. The highest BCUT2D eigenvalue weighted by molar-refractivity contribution is 9.10. The van der Waals surface area contributed by atoms with E-state index < -0.39 is 0 Å². The van der Waals surface area contributed by atoms with E-state index in [2.05, 4.69) is 26.6 Å². The molecule has 98 valence electrons. The number of hydrogen-bond acceptors (Lipinski definition) is 1. The second kappa shape index (κ2) is 6.38. The molecule has 2 rings (SSSR count). The first-order valence-corrected chi connectivity index (χ1v) is 6.83. The minimum absolute atomic E-state index is 0.0383. The minimum atomic E-state index is -0.219. The van der Waals surface area contributed by atoms with E-state index in [1.807, 2.05) is 61.5 Å². The zero-order valence-electron chi connectivity index (χ0n) is 10.6. The minimum Gasteiger partial charge on any atom is -0.331 e. The van der Waals surface area contributed by atoms with Crippen LogP contribution in [0, 0.1) is 0 Å². The van der Waals surface area contributed by atoms with Crippen molar-refractivity contribution in [1.82, 2.24) is 5.32 Å². The van der Waals surface area contributed by atoms with Crippen LogP contribution in [0.5, 0.6) is 0 Å². The maximum atomic E-state index is 11.9. The van der Waals surface area contributed by atoms with E-state index in [-0.39, 0.29) is 12.1 Å². The van der Waals surface area contributed by atoms with Gasteiger partial charge in [-0.15, -0.1) is 0 Å². The van der Waals surface area contributed by atoms with Crippen LogP contribution in [-0.4, -0.2) is 6.03 Å². The van der Waals surface area contributed by atoms with Crippen LogP contribution in [0.1, 0.15) is 18.5 Å². The Labute approximate surface area is 121 Å². The molecule has 4 heteroatoms. The van der Waals surface area contributed by atoms with Crippen molar-refractivity contribution in [2.24, 2.45) is 0 Å². The lowest BCUT2D eigenvalue weighted by Crippen LogP contribution is -2.31. The fourth-order valence-corrected chi connectivity index (χ4v) is 2.13. The summed E-state index contributed by atoms with van der Waals surface area (Å²) < 4.78 is 0.859. The molecular weight excluding hydrogens is 304 g/mol. The Morgan fingerprint density at radius 1 is 1.05 bits per heavy atom. The van der Waals surface area contributed by atoms with Crippen molar-refractivity contribution in [1.29, 1.82) is 0 Å². The van der Waals surface area contributed by atoms with E-state index in [4.69, 9.17) is 0 Å². The third kappa shape index (κ3) is 3.83. The molecule has 0 saturated carbocycles. The van der Waals surface area contributed by atoms with Gasteiger partial charge in [-0.1, -0.05) is 42.5 Å². The Bertz CT molecular complexity index is 557. The average molecular weight is 319 g/mol. The van der Waals surface area contributed by atoms with E-state index in [9.17, 15) is 4.79 Å². The summed E-state index contributed by atoms with van der Waals surface area (Å²) in [5, 5.41) is 5.71. The number of hydrogen-bond donors (Lipinski definition) is 2. The lowest BCUT2D eigenvalue weighted by atomic mass is 10.1. The number of nitrogens with one attached hydrogen (secondary N) is 2. The number of carbonyl (C=O) groups is 1. The van der Waals surface area contributed by atoms with Gasteiger partial charge in [0.05, 0.1) is 11.7 Å². The van der Waals surface area contributed by atoms with E-state index in [0.29, 0.717) is 0 Å². The number of rotatable bonds is 3. The molecule has 2 aromatic carbocycles. The van der Waals surface area contributed by atoms with Crippen molar-refractivity contribution in [3.8, 4) is 0 Å². The second-order valence-corrected chi connectivity index (χ2v) is 5.07. The van der Waals surface area contributed by atoms with Crippen molar-refractivity contribution in [3.63, 3.8) is 0 Å². The molecule has 0 fully saturated rings. The zero-order valence-corrected chi connectivity index (χ0v) is 12.1. The quantitative estimate of drug-likeness (QED) is 0.868. The molecule has 0 heterocycles. The molecule has 0 unspecified atom stereocenters. The Morgan fingerprint density at radius 3 is 2.37 bits per heavy atom. The maximum Gasteiger partial charge on any atom is 0.319 e. The molecule has 1 atom stereocenters. The first-order chi connectivity index (χ1) is 9.16. The van der Waals surface area contributed by atoms with Crippen LogP contribution in [0.25, 0.3) is 0 Å². The van der Waals surface area contributed by atoms with E-state index >= 15 is 0 Å². The van der Waals surface area contributed by atoms with Crippen molar-refractivity contribution in [2.45, 2.75) is 13.0 Å². The summed E-state index contributed by atoms with van der Waals surface area (Å²) in [6.45, 7) is 1.95. The molecule has 2 aromatic rings. The molecule has 0 aliphatic rings. The molecule has 0 aromatic heterocycles. The number of amides is 2. The van der Waals surface area contributed by atoms with E-state index in [1.54, 1.807) is 0 Å². The number of carbonyl (C=O) groups excluding carboxylic acids is 1.